The number of nitrogens with one attached hydrogen (secondary N) is 1. The summed E-state index contributed by atoms with van der Waals surface area (Å²) in [5.74, 6) is 0.395. The Kier molecular flexibility index (Phi) is 15.3. The van der Waals surface area contributed by atoms with E-state index in [2.05, 4.69) is 30.4 Å². The fraction of sp³-hybridized carbons (Fsp3) is 0.667. The predicted molar refractivity (Wildman–Crippen MR) is 123 cm³/mol. The lowest BCUT2D eigenvalue weighted by Crippen LogP contribution is -2.19. The van der Waals surface area contributed by atoms with Gasteiger partial charge < -0.3 is 10.1 Å². The molecular weight excluding hydrogens is 382 g/mol. The number of carbonyl (C=O) groups excluding carboxylic acids is 2. The number of hydrogen-bond acceptors (Lipinski definition) is 4. The van der Waals surface area contributed by atoms with Crippen LogP contribution in [0.25, 0.3) is 0 Å². The lowest BCUT2D eigenvalue weighted by Gasteiger charge is -2.19. The third kappa shape index (κ3) is 11.9. The molecule has 0 spiro atoms. The molecule has 0 saturated carbocycles. The summed E-state index contributed by atoms with van der Waals surface area (Å²) >= 11 is 1.57. The number of amides is 1. The third-order valence-corrected chi connectivity index (χ3v) is 6.34. The molecule has 1 amide bonds. The van der Waals surface area contributed by atoms with Crippen LogP contribution in [-0.2, 0) is 20.7 Å². The van der Waals surface area contributed by atoms with Gasteiger partial charge in [-0.15, -0.1) is 11.8 Å². The topological polar surface area (TPSA) is 55.4 Å². The van der Waals surface area contributed by atoms with Crippen LogP contribution in [0.15, 0.2) is 24.3 Å². The molecule has 0 aliphatic heterocycles. The van der Waals surface area contributed by atoms with Gasteiger partial charge in [-0.3, -0.25) is 9.59 Å². The number of carbonyl (C=O) groups is 2. The summed E-state index contributed by atoms with van der Waals surface area (Å²) in [5, 5.41) is 2.77. The van der Waals surface area contributed by atoms with Crippen LogP contribution in [0, 0.1) is 0 Å². The van der Waals surface area contributed by atoms with Crippen molar-refractivity contribution in [2.45, 2.75) is 89.3 Å². The van der Waals surface area contributed by atoms with Crippen LogP contribution in [0.5, 0.6) is 0 Å². The number of rotatable bonds is 18. The minimum Gasteiger partial charge on any atom is -0.469 e. The zero-order valence-electron chi connectivity index (χ0n) is 18.3. The molecule has 0 aliphatic rings. The third-order valence-electron chi connectivity index (χ3n) is 5.18. The van der Waals surface area contributed by atoms with Gasteiger partial charge in [0.2, 0.25) is 6.41 Å². The molecule has 1 aromatic carbocycles. The van der Waals surface area contributed by atoms with Crippen molar-refractivity contribution in [3.63, 3.8) is 0 Å². The van der Waals surface area contributed by atoms with Crippen molar-refractivity contribution in [1.82, 2.24) is 5.32 Å². The second kappa shape index (κ2) is 17.4. The summed E-state index contributed by atoms with van der Waals surface area (Å²) in [5.41, 5.74) is 2.43. The minimum absolute atomic E-state index is 0.128. The van der Waals surface area contributed by atoms with E-state index in [1.165, 1.54) is 76.9 Å². The van der Waals surface area contributed by atoms with Crippen LogP contribution < -0.4 is 5.32 Å². The maximum atomic E-state index is 11.3. The van der Waals surface area contributed by atoms with Crippen molar-refractivity contribution < 1.29 is 14.3 Å². The quantitative estimate of drug-likeness (QED) is 0.133. The molecule has 29 heavy (non-hydrogen) atoms. The maximum absolute atomic E-state index is 11.3. The van der Waals surface area contributed by atoms with Crippen LogP contribution in [0.3, 0.4) is 0 Å². The molecule has 4 nitrogen and oxygen atoms in total. The van der Waals surface area contributed by atoms with Crippen LogP contribution in [0.2, 0.25) is 0 Å². The molecule has 0 aliphatic carbocycles. The first kappa shape index (κ1) is 25.5. The maximum Gasteiger partial charge on any atom is 0.306 e. The summed E-state index contributed by atoms with van der Waals surface area (Å²) in [6.45, 7) is 2.26. The highest BCUT2D eigenvalue weighted by Crippen LogP contribution is 2.30. The van der Waals surface area contributed by atoms with E-state index in [4.69, 9.17) is 4.74 Å². The van der Waals surface area contributed by atoms with Crippen molar-refractivity contribution in [2.75, 3.05) is 12.9 Å². The molecule has 0 bridgehead atoms. The Morgan fingerprint density at radius 2 is 1.66 bits per heavy atom. The summed E-state index contributed by atoms with van der Waals surface area (Å²) in [7, 11) is 1.40. The Labute approximate surface area is 181 Å². The molecule has 1 N–H and O–H groups in total. The predicted octanol–water partition coefficient (Wildman–Crippen LogP) is 6.19. The first-order valence-corrected chi connectivity index (χ1v) is 12.2. The van der Waals surface area contributed by atoms with Crippen LogP contribution in [0.4, 0.5) is 0 Å². The number of methoxy groups -OCH3 is 1. The molecule has 0 fully saturated rings. The second-order valence-corrected chi connectivity index (χ2v) is 8.71. The molecule has 0 saturated heterocycles. The molecule has 0 radical (unpaired) electrons. The van der Waals surface area contributed by atoms with E-state index in [0.717, 1.165) is 18.4 Å². The Bertz CT molecular complexity index is 565. The van der Waals surface area contributed by atoms with Gasteiger partial charge in [-0.2, -0.15) is 0 Å². The number of unbranched alkanes of at least 4 members (excludes halogenated alkanes) is 9. The summed E-state index contributed by atoms with van der Waals surface area (Å²) in [6.07, 6.45) is 15.4. The highest BCUT2D eigenvalue weighted by molar-refractivity contribution is 7.99. The van der Waals surface area contributed by atoms with Gasteiger partial charge in [0.15, 0.2) is 0 Å². The van der Waals surface area contributed by atoms with E-state index in [9.17, 15) is 9.59 Å². The zero-order valence-corrected chi connectivity index (χ0v) is 19.1. The van der Waals surface area contributed by atoms with Gasteiger partial charge in [0.1, 0.15) is 5.37 Å². The van der Waals surface area contributed by atoms with Crippen LogP contribution in [0.1, 0.15) is 94.1 Å². The lowest BCUT2D eigenvalue weighted by molar-refractivity contribution is -0.140. The van der Waals surface area contributed by atoms with Gasteiger partial charge in [0.05, 0.1) is 13.5 Å². The van der Waals surface area contributed by atoms with Crippen LogP contribution >= 0.6 is 11.8 Å². The summed E-state index contributed by atoms with van der Waals surface area (Å²) < 4.78 is 4.70. The van der Waals surface area contributed by atoms with Crippen LogP contribution in [-0.4, -0.2) is 25.2 Å². The van der Waals surface area contributed by atoms with Crippen molar-refractivity contribution in [3.05, 3.63) is 35.4 Å². The Balaban J connectivity index is 2.38. The van der Waals surface area contributed by atoms with E-state index < -0.39 is 0 Å². The highest BCUT2D eigenvalue weighted by Gasteiger charge is 2.15. The first-order valence-electron chi connectivity index (χ1n) is 11.2. The smallest absolute Gasteiger partial charge is 0.306 e. The number of ether oxygens (including phenoxy) is 1. The average molecular weight is 422 g/mol. The molecule has 1 atom stereocenters. The van der Waals surface area contributed by atoms with Gasteiger partial charge in [-0.25, -0.2) is 0 Å². The average Bonchev–Trinajstić information content (AvgIpc) is 2.74. The second-order valence-electron chi connectivity index (χ2n) is 7.49. The van der Waals surface area contributed by atoms with E-state index in [-0.39, 0.29) is 11.3 Å². The summed E-state index contributed by atoms with van der Waals surface area (Å²) in [4.78, 5) is 22.4. The number of hydrogen-bond donors (Lipinski definition) is 1. The molecule has 1 unspecified atom stereocenters. The van der Waals surface area contributed by atoms with Gasteiger partial charge in [0, 0.05) is 5.75 Å². The Hall–Kier alpha value is -1.49. The molecule has 0 heterocycles. The van der Waals surface area contributed by atoms with Crippen molar-refractivity contribution in [1.29, 1.82) is 0 Å². The number of thioether (sulfide) groups is 1. The van der Waals surface area contributed by atoms with E-state index in [1.54, 1.807) is 11.8 Å². The van der Waals surface area contributed by atoms with Crippen molar-refractivity contribution >= 4 is 24.1 Å². The Morgan fingerprint density at radius 3 is 2.28 bits per heavy atom. The van der Waals surface area contributed by atoms with Crippen molar-refractivity contribution in [2.24, 2.45) is 0 Å². The normalized spacial score (nSPS) is 11.8. The highest BCUT2D eigenvalue weighted by atomic mass is 32.2. The van der Waals surface area contributed by atoms with Gasteiger partial charge >= 0.3 is 5.97 Å². The fourth-order valence-electron chi connectivity index (χ4n) is 3.47. The molecule has 1 rings (SSSR count). The SMILES string of the molecule is CCCCCCCCCCCCc1ccccc1C(NC=O)SCCC(=O)OC. The van der Waals surface area contributed by atoms with Gasteiger partial charge in [-0.1, -0.05) is 89.0 Å². The molecule has 5 heteroatoms. The number of esters is 1. The zero-order chi connectivity index (χ0) is 21.2. The molecular formula is C24H39NO3S. The van der Waals surface area contributed by atoms with E-state index >= 15 is 0 Å². The standard InChI is InChI=1S/C24H39NO3S/c1-3-4-5-6-7-8-9-10-11-12-15-21-16-13-14-17-22(21)24(25-20-26)29-19-18-23(27)28-2/h13-14,16-17,20,24H,3-12,15,18-19H2,1-2H3,(H,25,26). The Morgan fingerprint density at radius 1 is 1.03 bits per heavy atom. The van der Waals surface area contributed by atoms with E-state index in [0.29, 0.717) is 12.2 Å². The molecule has 164 valence electrons. The fourth-order valence-corrected chi connectivity index (χ4v) is 4.55. The minimum atomic E-state index is -0.221. The number of aryl methyl sites for hydroxylation is 1. The number of benzene rings is 1. The molecule has 1 aromatic rings. The summed E-state index contributed by atoms with van der Waals surface area (Å²) in [6, 6.07) is 8.31. The monoisotopic (exact) mass is 421 g/mol. The molecule has 0 aromatic heterocycles. The largest absolute Gasteiger partial charge is 0.469 e. The first-order chi connectivity index (χ1) is 14.2. The van der Waals surface area contributed by atoms with Gasteiger partial charge in [-0.05, 0) is 24.0 Å². The lowest BCUT2D eigenvalue weighted by atomic mass is 10.00. The van der Waals surface area contributed by atoms with Crippen molar-refractivity contribution in [3.8, 4) is 0 Å². The van der Waals surface area contributed by atoms with E-state index in [1.807, 2.05) is 6.07 Å². The van der Waals surface area contributed by atoms with Gasteiger partial charge in [0.25, 0.3) is 0 Å².